The molecule has 0 aliphatic rings. The number of halogens is 4. The van der Waals surface area contributed by atoms with Gasteiger partial charge in [0.1, 0.15) is 5.75 Å². The second kappa shape index (κ2) is 14.1. The van der Waals surface area contributed by atoms with Crippen LogP contribution >= 0.6 is 28.1 Å². The smallest absolute Gasteiger partial charge is 0.416 e. The third kappa shape index (κ3) is 9.36. The van der Waals surface area contributed by atoms with Crippen LogP contribution in [0.1, 0.15) is 58.9 Å². The van der Waals surface area contributed by atoms with Crippen molar-refractivity contribution in [2.45, 2.75) is 38.8 Å². The Morgan fingerprint density at radius 2 is 1.56 bits per heavy atom. The summed E-state index contributed by atoms with van der Waals surface area (Å²) in [7, 11) is 0. The lowest BCUT2D eigenvalue weighted by Gasteiger charge is -2.13. The summed E-state index contributed by atoms with van der Waals surface area (Å²) < 4.78 is 45.3. The van der Waals surface area contributed by atoms with Crippen molar-refractivity contribution in [3.05, 3.63) is 87.9 Å². The van der Waals surface area contributed by atoms with Gasteiger partial charge in [-0.15, -0.1) is 0 Å². The topological polar surface area (TPSA) is 79.5 Å². The quantitative estimate of drug-likeness (QED) is 0.159. The predicted octanol–water partition coefficient (Wildman–Crippen LogP) is 7.81. The van der Waals surface area contributed by atoms with Crippen LogP contribution in [0, 0.1) is 0 Å². The maximum atomic E-state index is 12.9. The van der Waals surface area contributed by atoms with Crippen LogP contribution in [-0.2, 0) is 6.18 Å². The number of benzene rings is 3. The molecule has 3 aromatic carbocycles. The van der Waals surface area contributed by atoms with Gasteiger partial charge in [0.05, 0.1) is 16.6 Å². The Balaban J connectivity index is 1.56. The minimum absolute atomic E-state index is 0.00260. The zero-order chi connectivity index (χ0) is 28.4. The Labute approximate surface area is 238 Å². The Hall–Kier alpha value is -3.44. The fourth-order valence-corrected chi connectivity index (χ4v) is 4.23. The molecule has 2 amide bonds. The van der Waals surface area contributed by atoms with Crippen molar-refractivity contribution in [1.82, 2.24) is 5.32 Å². The van der Waals surface area contributed by atoms with Crippen molar-refractivity contribution in [2.75, 3.05) is 17.2 Å². The molecule has 0 unspecified atom stereocenters. The van der Waals surface area contributed by atoms with E-state index in [1.165, 1.54) is 24.3 Å². The molecule has 6 nitrogen and oxygen atoms in total. The number of hydrogen-bond acceptors (Lipinski definition) is 4. The Morgan fingerprint density at radius 1 is 0.872 bits per heavy atom. The van der Waals surface area contributed by atoms with E-state index in [2.05, 4.69) is 38.8 Å². The number of alkyl halides is 3. The summed E-state index contributed by atoms with van der Waals surface area (Å²) in [5.74, 6) is -0.407. The SMILES string of the molecule is CCCCCCOc1ccc(C(=O)NC(=S)Nc2cccc(C(=O)Nc3cccc(C(F)(F)F)c3)c2)cc1Br. The molecule has 0 aliphatic heterocycles. The first kappa shape index (κ1) is 30.1. The molecular formula is C28H27BrF3N3O3S. The molecule has 0 aromatic heterocycles. The third-order valence-corrected chi connectivity index (χ3v) is 6.33. The molecule has 0 atom stereocenters. The molecule has 11 heteroatoms. The molecular weight excluding hydrogens is 595 g/mol. The summed E-state index contributed by atoms with van der Waals surface area (Å²) in [6, 6.07) is 15.5. The van der Waals surface area contributed by atoms with Gasteiger partial charge in [0, 0.05) is 22.5 Å². The van der Waals surface area contributed by atoms with Crippen molar-refractivity contribution in [1.29, 1.82) is 0 Å². The molecule has 0 saturated heterocycles. The normalized spacial score (nSPS) is 11.0. The van der Waals surface area contributed by atoms with Gasteiger partial charge in [-0.3, -0.25) is 14.9 Å². The van der Waals surface area contributed by atoms with E-state index in [1.54, 1.807) is 30.3 Å². The van der Waals surface area contributed by atoms with Crippen LogP contribution in [0.2, 0.25) is 0 Å². The van der Waals surface area contributed by atoms with Gasteiger partial charge >= 0.3 is 6.18 Å². The lowest BCUT2D eigenvalue weighted by Crippen LogP contribution is -2.34. The maximum absolute atomic E-state index is 12.9. The van der Waals surface area contributed by atoms with E-state index in [-0.39, 0.29) is 16.4 Å². The van der Waals surface area contributed by atoms with Crippen molar-refractivity contribution in [2.24, 2.45) is 0 Å². The number of nitrogens with one attached hydrogen (secondary N) is 3. The molecule has 0 heterocycles. The van der Waals surface area contributed by atoms with Crippen LogP contribution in [0.15, 0.2) is 71.2 Å². The molecule has 0 spiro atoms. The highest BCUT2D eigenvalue weighted by molar-refractivity contribution is 9.10. The minimum atomic E-state index is -4.52. The number of amides is 2. The van der Waals surface area contributed by atoms with Crippen LogP contribution in [0.3, 0.4) is 0 Å². The minimum Gasteiger partial charge on any atom is -0.492 e. The van der Waals surface area contributed by atoms with Gasteiger partial charge in [-0.2, -0.15) is 13.2 Å². The number of ether oxygens (including phenoxy) is 1. The number of hydrogen-bond donors (Lipinski definition) is 3. The number of unbranched alkanes of at least 4 members (excludes halogenated alkanes) is 3. The van der Waals surface area contributed by atoms with Gasteiger partial charge in [0.15, 0.2) is 5.11 Å². The van der Waals surface area contributed by atoms with E-state index in [0.29, 0.717) is 28.1 Å². The Morgan fingerprint density at radius 3 is 2.26 bits per heavy atom. The molecule has 206 valence electrons. The predicted molar refractivity (Wildman–Crippen MR) is 153 cm³/mol. The lowest BCUT2D eigenvalue weighted by atomic mass is 10.1. The van der Waals surface area contributed by atoms with Gasteiger partial charge in [0.25, 0.3) is 11.8 Å². The van der Waals surface area contributed by atoms with E-state index >= 15 is 0 Å². The van der Waals surface area contributed by atoms with Crippen LogP contribution in [0.25, 0.3) is 0 Å². The Bertz CT molecular complexity index is 1330. The van der Waals surface area contributed by atoms with Crippen LogP contribution in [0.4, 0.5) is 24.5 Å². The fourth-order valence-electron chi connectivity index (χ4n) is 3.52. The first-order valence-corrected chi connectivity index (χ1v) is 13.4. The molecule has 0 saturated carbocycles. The van der Waals surface area contributed by atoms with Gasteiger partial charge in [-0.25, -0.2) is 0 Å². The molecule has 0 bridgehead atoms. The second-order valence-electron chi connectivity index (χ2n) is 8.58. The molecule has 0 radical (unpaired) electrons. The Kier molecular flexibility index (Phi) is 10.9. The highest BCUT2D eigenvalue weighted by Crippen LogP contribution is 2.31. The summed E-state index contributed by atoms with van der Waals surface area (Å²) in [4.78, 5) is 25.3. The molecule has 39 heavy (non-hydrogen) atoms. The number of thiocarbonyl (C=S) groups is 1. The van der Waals surface area contributed by atoms with E-state index in [0.717, 1.165) is 37.8 Å². The van der Waals surface area contributed by atoms with Crippen molar-refractivity contribution >= 4 is 56.4 Å². The number of carbonyl (C=O) groups excluding carboxylic acids is 2. The van der Waals surface area contributed by atoms with Crippen molar-refractivity contribution in [3.63, 3.8) is 0 Å². The third-order valence-electron chi connectivity index (χ3n) is 5.51. The average Bonchev–Trinajstić information content (AvgIpc) is 2.89. The monoisotopic (exact) mass is 621 g/mol. The number of rotatable bonds is 10. The van der Waals surface area contributed by atoms with Crippen LogP contribution in [0.5, 0.6) is 5.75 Å². The van der Waals surface area contributed by atoms with E-state index < -0.39 is 23.6 Å². The number of anilines is 2. The summed E-state index contributed by atoms with van der Waals surface area (Å²) in [5.41, 5.74) is 0.0905. The first-order valence-electron chi connectivity index (χ1n) is 12.2. The standard InChI is InChI=1S/C28H27BrF3N3O3S/c1-2-3-4-5-14-38-24-13-12-19(16-23(24)29)26(37)35-27(39)34-21-10-6-8-18(15-21)25(36)33-22-11-7-9-20(17-22)28(30,31)32/h6-13,15-17H,2-5,14H2,1H3,(H,33,36)(H2,34,35,37,39). The van der Waals surface area contributed by atoms with Gasteiger partial charge in [0.2, 0.25) is 0 Å². The van der Waals surface area contributed by atoms with E-state index in [1.807, 2.05) is 0 Å². The largest absolute Gasteiger partial charge is 0.492 e. The molecule has 3 aromatic rings. The van der Waals surface area contributed by atoms with E-state index in [9.17, 15) is 22.8 Å². The van der Waals surface area contributed by atoms with Crippen LogP contribution in [-0.4, -0.2) is 23.5 Å². The number of carbonyl (C=O) groups is 2. The summed E-state index contributed by atoms with van der Waals surface area (Å²) in [5, 5.41) is 7.87. The fraction of sp³-hybridized carbons (Fsp3) is 0.250. The summed E-state index contributed by atoms with van der Waals surface area (Å²) in [6.45, 7) is 2.74. The second-order valence-corrected chi connectivity index (χ2v) is 9.84. The molecule has 0 aliphatic carbocycles. The van der Waals surface area contributed by atoms with E-state index in [4.69, 9.17) is 17.0 Å². The lowest BCUT2D eigenvalue weighted by molar-refractivity contribution is -0.137. The van der Waals surface area contributed by atoms with Gasteiger partial charge in [-0.05, 0) is 89.2 Å². The van der Waals surface area contributed by atoms with Gasteiger partial charge < -0.3 is 15.4 Å². The zero-order valence-electron chi connectivity index (χ0n) is 21.0. The molecule has 3 N–H and O–H groups in total. The highest BCUT2D eigenvalue weighted by atomic mass is 79.9. The summed E-state index contributed by atoms with van der Waals surface area (Å²) >= 11 is 8.67. The first-order chi connectivity index (χ1) is 18.6. The zero-order valence-corrected chi connectivity index (χ0v) is 23.4. The average molecular weight is 623 g/mol. The molecule has 0 fully saturated rings. The highest BCUT2D eigenvalue weighted by Gasteiger charge is 2.30. The van der Waals surface area contributed by atoms with Crippen LogP contribution < -0.4 is 20.7 Å². The van der Waals surface area contributed by atoms with Gasteiger partial charge in [-0.1, -0.05) is 38.3 Å². The molecule has 3 rings (SSSR count). The van der Waals surface area contributed by atoms with Crippen molar-refractivity contribution < 1.29 is 27.5 Å². The van der Waals surface area contributed by atoms with Crippen molar-refractivity contribution in [3.8, 4) is 5.75 Å². The summed E-state index contributed by atoms with van der Waals surface area (Å²) in [6.07, 6.45) is -0.160. The maximum Gasteiger partial charge on any atom is 0.416 e.